The molecule has 0 saturated heterocycles. The van der Waals surface area contributed by atoms with Crippen LogP contribution in [0.3, 0.4) is 0 Å². The predicted octanol–water partition coefficient (Wildman–Crippen LogP) is 3.30. The summed E-state index contributed by atoms with van der Waals surface area (Å²) in [5.74, 6) is -1.39. The highest BCUT2D eigenvalue weighted by atomic mass is 35.5. The lowest BCUT2D eigenvalue weighted by atomic mass is 10.1. The third-order valence-electron chi connectivity index (χ3n) is 3.89. The fraction of sp³-hybridized carbons (Fsp3) is 0.167. The van der Waals surface area contributed by atoms with Gasteiger partial charge in [0.25, 0.3) is 17.7 Å². The summed E-state index contributed by atoms with van der Waals surface area (Å²) in [7, 11) is 0. The second-order valence-electron chi connectivity index (χ2n) is 5.64. The Labute approximate surface area is 149 Å². The summed E-state index contributed by atoms with van der Waals surface area (Å²) in [6.45, 7) is 2.21. The lowest BCUT2D eigenvalue weighted by molar-refractivity contribution is 0.0654. The van der Waals surface area contributed by atoms with Crippen molar-refractivity contribution < 1.29 is 19.5 Å². The van der Waals surface area contributed by atoms with Crippen molar-refractivity contribution in [2.45, 2.75) is 13.3 Å². The highest BCUT2D eigenvalue weighted by Crippen LogP contribution is 2.28. The zero-order valence-corrected chi connectivity index (χ0v) is 14.1. The van der Waals surface area contributed by atoms with Gasteiger partial charge in [0, 0.05) is 17.1 Å². The van der Waals surface area contributed by atoms with E-state index in [0.29, 0.717) is 23.6 Å². The summed E-state index contributed by atoms with van der Waals surface area (Å²) >= 11 is 5.85. The molecule has 1 aliphatic rings. The third kappa shape index (κ3) is 3.08. The standard InChI is InChI=1S/C18H15ClN2O4/c1-2-7-21-17(24)12-5-3-10(8-13(12)18(21)25)16(23)20-14-9-11(19)4-6-15(14)22/h3-6,8-9,22H,2,7H2,1H3,(H,20,23). The maximum Gasteiger partial charge on any atom is 0.261 e. The Bertz CT molecular complexity index is 895. The van der Waals surface area contributed by atoms with Crippen LogP contribution < -0.4 is 5.32 Å². The van der Waals surface area contributed by atoms with Gasteiger partial charge in [0.1, 0.15) is 5.75 Å². The summed E-state index contributed by atoms with van der Waals surface area (Å²) < 4.78 is 0. The van der Waals surface area contributed by atoms with Gasteiger partial charge in [-0.1, -0.05) is 18.5 Å². The number of halogens is 1. The number of aromatic hydroxyl groups is 1. The molecule has 0 unspecified atom stereocenters. The van der Waals surface area contributed by atoms with E-state index < -0.39 is 11.8 Å². The van der Waals surface area contributed by atoms with Crippen molar-refractivity contribution in [2.24, 2.45) is 0 Å². The summed E-state index contributed by atoms with van der Waals surface area (Å²) in [5.41, 5.74) is 0.868. The molecule has 1 heterocycles. The van der Waals surface area contributed by atoms with Crippen LogP contribution in [0.1, 0.15) is 44.4 Å². The van der Waals surface area contributed by atoms with E-state index in [2.05, 4.69) is 5.32 Å². The predicted molar refractivity (Wildman–Crippen MR) is 93.2 cm³/mol. The van der Waals surface area contributed by atoms with Gasteiger partial charge in [0.15, 0.2) is 0 Å². The van der Waals surface area contributed by atoms with E-state index in [-0.39, 0.29) is 28.5 Å². The molecule has 3 amide bonds. The fourth-order valence-corrected chi connectivity index (χ4v) is 2.83. The smallest absolute Gasteiger partial charge is 0.261 e. The number of fused-ring (bicyclic) bond motifs is 1. The number of anilines is 1. The summed E-state index contributed by atoms with van der Waals surface area (Å²) in [4.78, 5) is 38.1. The molecule has 0 aliphatic carbocycles. The number of amides is 3. The Balaban J connectivity index is 1.88. The molecule has 2 N–H and O–H groups in total. The normalized spacial score (nSPS) is 13.1. The van der Waals surface area contributed by atoms with Crippen LogP contribution in [-0.4, -0.2) is 34.3 Å². The highest BCUT2D eigenvalue weighted by Gasteiger charge is 2.35. The number of phenols is 1. The van der Waals surface area contributed by atoms with Crippen molar-refractivity contribution in [2.75, 3.05) is 11.9 Å². The first-order valence-corrected chi connectivity index (χ1v) is 8.10. The number of nitrogens with zero attached hydrogens (tertiary/aromatic N) is 1. The van der Waals surface area contributed by atoms with Gasteiger partial charge in [-0.15, -0.1) is 0 Å². The van der Waals surface area contributed by atoms with Crippen LogP contribution in [0.4, 0.5) is 5.69 Å². The van der Waals surface area contributed by atoms with Crippen molar-refractivity contribution in [3.8, 4) is 5.75 Å². The van der Waals surface area contributed by atoms with Gasteiger partial charge in [0.2, 0.25) is 0 Å². The fourth-order valence-electron chi connectivity index (χ4n) is 2.66. The quantitative estimate of drug-likeness (QED) is 0.648. The van der Waals surface area contributed by atoms with Crippen molar-refractivity contribution in [3.63, 3.8) is 0 Å². The number of nitrogens with one attached hydrogen (secondary N) is 1. The van der Waals surface area contributed by atoms with Crippen LogP contribution in [0.15, 0.2) is 36.4 Å². The molecule has 2 aromatic rings. The van der Waals surface area contributed by atoms with E-state index in [1.165, 1.54) is 41.3 Å². The average Bonchev–Trinajstić information content (AvgIpc) is 2.83. The first-order valence-electron chi connectivity index (χ1n) is 7.72. The molecule has 0 radical (unpaired) electrons. The molecule has 3 rings (SSSR count). The molecule has 0 spiro atoms. The molecule has 0 atom stereocenters. The molecule has 2 aromatic carbocycles. The van der Waals surface area contributed by atoms with E-state index >= 15 is 0 Å². The van der Waals surface area contributed by atoms with Gasteiger partial charge < -0.3 is 10.4 Å². The summed E-state index contributed by atoms with van der Waals surface area (Å²) in [5, 5.41) is 12.7. The van der Waals surface area contributed by atoms with Crippen LogP contribution in [0.2, 0.25) is 5.02 Å². The zero-order valence-electron chi connectivity index (χ0n) is 13.4. The third-order valence-corrected chi connectivity index (χ3v) is 4.12. The van der Waals surface area contributed by atoms with Gasteiger partial charge in [-0.25, -0.2) is 0 Å². The molecule has 0 fully saturated rings. The van der Waals surface area contributed by atoms with Crippen molar-refractivity contribution in [1.82, 2.24) is 4.90 Å². The number of carbonyl (C=O) groups excluding carboxylic acids is 3. The zero-order chi connectivity index (χ0) is 18.1. The average molecular weight is 359 g/mol. The molecule has 0 saturated carbocycles. The minimum atomic E-state index is -0.519. The summed E-state index contributed by atoms with van der Waals surface area (Å²) in [6, 6.07) is 8.61. The maximum absolute atomic E-state index is 12.4. The number of carbonyl (C=O) groups is 3. The molecule has 0 bridgehead atoms. The van der Waals surface area contributed by atoms with Crippen LogP contribution in [0.5, 0.6) is 5.75 Å². The topological polar surface area (TPSA) is 86.7 Å². The molecule has 25 heavy (non-hydrogen) atoms. The molecular weight excluding hydrogens is 344 g/mol. The van der Waals surface area contributed by atoms with E-state index in [9.17, 15) is 19.5 Å². The largest absolute Gasteiger partial charge is 0.506 e. The van der Waals surface area contributed by atoms with Crippen LogP contribution in [0.25, 0.3) is 0 Å². The number of phenolic OH excluding ortho intramolecular Hbond substituents is 1. The Hall–Kier alpha value is -2.86. The van der Waals surface area contributed by atoms with Gasteiger partial charge in [0.05, 0.1) is 16.8 Å². The van der Waals surface area contributed by atoms with Crippen molar-refractivity contribution in [3.05, 3.63) is 58.1 Å². The molecule has 1 aliphatic heterocycles. The highest BCUT2D eigenvalue weighted by molar-refractivity contribution is 6.31. The number of rotatable bonds is 4. The van der Waals surface area contributed by atoms with Gasteiger partial charge >= 0.3 is 0 Å². The Morgan fingerprint density at radius 2 is 1.84 bits per heavy atom. The second kappa shape index (κ2) is 6.57. The minimum absolute atomic E-state index is 0.126. The van der Waals surface area contributed by atoms with E-state index in [4.69, 9.17) is 11.6 Å². The van der Waals surface area contributed by atoms with E-state index in [0.717, 1.165) is 0 Å². The lowest BCUT2D eigenvalue weighted by Crippen LogP contribution is -2.30. The molecule has 0 aromatic heterocycles. The molecule has 6 nitrogen and oxygen atoms in total. The van der Waals surface area contributed by atoms with Gasteiger partial charge in [-0.2, -0.15) is 0 Å². The van der Waals surface area contributed by atoms with Crippen molar-refractivity contribution in [1.29, 1.82) is 0 Å². The number of hydrogen-bond acceptors (Lipinski definition) is 4. The van der Waals surface area contributed by atoms with E-state index in [1.807, 2.05) is 6.92 Å². The Morgan fingerprint density at radius 1 is 1.12 bits per heavy atom. The SMILES string of the molecule is CCCN1C(=O)c2ccc(C(=O)Nc3cc(Cl)ccc3O)cc2C1=O. The van der Waals surface area contributed by atoms with E-state index in [1.54, 1.807) is 0 Å². The monoisotopic (exact) mass is 358 g/mol. The van der Waals surface area contributed by atoms with Gasteiger partial charge in [-0.05, 0) is 42.8 Å². The minimum Gasteiger partial charge on any atom is -0.506 e. The first-order chi connectivity index (χ1) is 11.9. The Morgan fingerprint density at radius 3 is 2.56 bits per heavy atom. The molecule has 128 valence electrons. The second-order valence-corrected chi connectivity index (χ2v) is 6.07. The lowest BCUT2D eigenvalue weighted by Gasteiger charge is -2.11. The first kappa shape index (κ1) is 17.0. The number of benzene rings is 2. The molecule has 7 heteroatoms. The maximum atomic E-state index is 12.4. The van der Waals surface area contributed by atoms with Crippen LogP contribution >= 0.6 is 11.6 Å². The van der Waals surface area contributed by atoms with Crippen LogP contribution in [-0.2, 0) is 0 Å². The number of hydrogen-bond donors (Lipinski definition) is 2. The molecular formula is C18H15ClN2O4. The van der Waals surface area contributed by atoms with Crippen LogP contribution in [0, 0.1) is 0 Å². The number of imide groups is 1. The van der Waals surface area contributed by atoms with Crippen molar-refractivity contribution >= 4 is 35.0 Å². The van der Waals surface area contributed by atoms with Gasteiger partial charge in [-0.3, -0.25) is 19.3 Å². The Kier molecular flexibility index (Phi) is 4.46. The summed E-state index contributed by atoms with van der Waals surface area (Å²) in [6.07, 6.45) is 0.660.